The quantitative estimate of drug-likeness (QED) is 0.404. The highest BCUT2D eigenvalue weighted by molar-refractivity contribution is 5.79. The van der Waals surface area contributed by atoms with Crippen LogP contribution in [0.2, 0.25) is 0 Å². The number of hydrogen-bond acceptors (Lipinski definition) is 3. The summed E-state index contributed by atoms with van der Waals surface area (Å²) in [5.41, 5.74) is 2.22. The van der Waals surface area contributed by atoms with E-state index in [2.05, 4.69) is 42.9 Å². The zero-order valence-corrected chi connectivity index (χ0v) is 15.7. The number of nitrogens with zero attached hydrogens (tertiary/aromatic N) is 3. The van der Waals surface area contributed by atoms with Crippen LogP contribution in [0.15, 0.2) is 35.6 Å². The predicted octanol–water partition coefficient (Wildman–Crippen LogP) is 3.50. The van der Waals surface area contributed by atoms with Gasteiger partial charge in [-0.15, -0.1) is 0 Å². The molecule has 1 aliphatic carbocycles. The minimum Gasteiger partial charge on any atom is -0.356 e. The molecule has 6 nitrogen and oxygen atoms in total. The molecule has 1 aliphatic rings. The molecule has 0 aliphatic heterocycles. The Morgan fingerprint density at radius 3 is 2.88 bits per heavy atom. The lowest BCUT2D eigenvalue weighted by atomic mass is 9.86. The van der Waals surface area contributed by atoms with Crippen LogP contribution in [0.5, 0.6) is 0 Å². The van der Waals surface area contributed by atoms with Gasteiger partial charge in [-0.3, -0.25) is 10.1 Å². The predicted molar refractivity (Wildman–Crippen MR) is 106 cm³/mol. The highest BCUT2D eigenvalue weighted by atomic mass is 15.2. The summed E-state index contributed by atoms with van der Waals surface area (Å²) < 4.78 is 0. The Bertz CT molecular complexity index is 673. The monoisotopic (exact) mass is 354 g/mol. The summed E-state index contributed by atoms with van der Waals surface area (Å²) in [7, 11) is 1.82. The Kier molecular flexibility index (Phi) is 7.05. The smallest absolute Gasteiger partial charge is 0.191 e. The van der Waals surface area contributed by atoms with Crippen molar-refractivity contribution in [1.29, 1.82) is 0 Å². The van der Waals surface area contributed by atoms with Crippen molar-refractivity contribution in [3.05, 3.63) is 36.2 Å². The van der Waals surface area contributed by atoms with E-state index < -0.39 is 0 Å². The van der Waals surface area contributed by atoms with E-state index in [0.717, 1.165) is 36.4 Å². The van der Waals surface area contributed by atoms with Crippen molar-refractivity contribution >= 4 is 5.96 Å². The SMILES string of the molecule is CN=C(NCCCC1CCCCC1)NCc1cccc(-c2ncn[nH]2)c1. The van der Waals surface area contributed by atoms with E-state index >= 15 is 0 Å². The van der Waals surface area contributed by atoms with E-state index in [-0.39, 0.29) is 0 Å². The first-order chi connectivity index (χ1) is 12.8. The molecule has 26 heavy (non-hydrogen) atoms. The van der Waals surface area contributed by atoms with Crippen LogP contribution in [0.1, 0.15) is 50.5 Å². The molecule has 0 atom stereocenters. The second-order valence-electron chi connectivity index (χ2n) is 7.03. The second kappa shape index (κ2) is 9.94. The maximum Gasteiger partial charge on any atom is 0.191 e. The van der Waals surface area contributed by atoms with Crippen molar-refractivity contribution in [2.45, 2.75) is 51.5 Å². The van der Waals surface area contributed by atoms with Gasteiger partial charge in [0.2, 0.25) is 0 Å². The Morgan fingerprint density at radius 2 is 2.12 bits per heavy atom. The van der Waals surface area contributed by atoms with Gasteiger partial charge in [0.05, 0.1) is 0 Å². The number of H-pyrrole nitrogens is 1. The minimum absolute atomic E-state index is 0.726. The van der Waals surface area contributed by atoms with Gasteiger partial charge in [0.1, 0.15) is 6.33 Å². The summed E-state index contributed by atoms with van der Waals surface area (Å²) in [6, 6.07) is 8.28. The molecule has 1 fully saturated rings. The van der Waals surface area contributed by atoms with Gasteiger partial charge in [0, 0.05) is 25.7 Å². The van der Waals surface area contributed by atoms with Crippen LogP contribution in [0.25, 0.3) is 11.4 Å². The average molecular weight is 355 g/mol. The molecule has 1 heterocycles. The summed E-state index contributed by atoms with van der Waals surface area (Å²) in [5, 5.41) is 13.6. The van der Waals surface area contributed by atoms with Crippen molar-refractivity contribution in [2.24, 2.45) is 10.9 Å². The standard InChI is InChI=1S/C20H30N6/c1-21-20(22-12-6-10-16-7-3-2-4-8-16)23-14-17-9-5-11-18(13-17)19-24-15-25-26-19/h5,9,11,13,15-16H,2-4,6-8,10,12,14H2,1H3,(H2,21,22,23)(H,24,25,26). The first-order valence-electron chi connectivity index (χ1n) is 9.74. The number of nitrogens with one attached hydrogen (secondary N) is 3. The third-order valence-electron chi connectivity index (χ3n) is 5.11. The van der Waals surface area contributed by atoms with Crippen LogP contribution in [-0.4, -0.2) is 34.7 Å². The van der Waals surface area contributed by atoms with Gasteiger partial charge in [0.15, 0.2) is 11.8 Å². The fraction of sp³-hybridized carbons (Fsp3) is 0.550. The fourth-order valence-corrected chi connectivity index (χ4v) is 3.65. The zero-order valence-electron chi connectivity index (χ0n) is 15.7. The van der Waals surface area contributed by atoms with Gasteiger partial charge < -0.3 is 10.6 Å². The normalized spacial score (nSPS) is 15.8. The van der Waals surface area contributed by atoms with Crippen LogP contribution < -0.4 is 10.6 Å². The Balaban J connectivity index is 1.40. The maximum absolute atomic E-state index is 4.33. The molecule has 0 unspecified atom stereocenters. The van der Waals surface area contributed by atoms with E-state index in [1.165, 1.54) is 56.8 Å². The lowest BCUT2D eigenvalue weighted by molar-refractivity contribution is 0.332. The molecule has 0 spiro atoms. The zero-order chi connectivity index (χ0) is 18.0. The molecule has 1 saturated carbocycles. The summed E-state index contributed by atoms with van der Waals surface area (Å²) in [6.45, 7) is 1.71. The van der Waals surface area contributed by atoms with Crippen LogP contribution in [0, 0.1) is 5.92 Å². The van der Waals surface area contributed by atoms with Crippen LogP contribution in [0.4, 0.5) is 0 Å². The molecule has 140 valence electrons. The number of aromatic nitrogens is 3. The first-order valence-corrected chi connectivity index (χ1v) is 9.74. The molecule has 0 bridgehead atoms. The molecule has 3 N–H and O–H groups in total. The molecule has 0 saturated heterocycles. The van der Waals surface area contributed by atoms with E-state index in [1.807, 2.05) is 19.2 Å². The number of hydrogen-bond donors (Lipinski definition) is 3. The Labute approximate surface area is 155 Å². The second-order valence-corrected chi connectivity index (χ2v) is 7.03. The highest BCUT2D eigenvalue weighted by Crippen LogP contribution is 2.26. The maximum atomic E-state index is 4.33. The molecule has 6 heteroatoms. The summed E-state index contributed by atoms with van der Waals surface area (Å²) in [4.78, 5) is 8.53. The molecule has 2 aromatic rings. The van der Waals surface area contributed by atoms with Crippen molar-refractivity contribution in [1.82, 2.24) is 25.8 Å². The van der Waals surface area contributed by atoms with E-state index in [9.17, 15) is 0 Å². The topological polar surface area (TPSA) is 78.0 Å². The Morgan fingerprint density at radius 1 is 1.23 bits per heavy atom. The van der Waals surface area contributed by atoms with E-state index in [0.29, 0.717) is 0 Å². The van der Waals surface area contributed by atoms with E-state index in [1.54, 1.807) is 0 Å². The summed E-state index contributed by atoms with van der Waals surface area (Å²) in [5.74, 6) is 2.59. The van der Waals surface area contributed by atoms with Gasteiger partial charge in [-0.2, -0.15) is 5.10 Å². The number of guanidine groups is 1. The molecule has 1 aromatic heterocycles. The lowest BCUT2D eigenvalue weighted by Gasteiger charge is -2.21. The minimum atomic E-state index is 0.726. The molecule has 0 amide bonds. The summed E-state index contributed by atoms with van der Waals surface area (Å²) in [6.07, 6.45) is 11.2. The summed E-state index contributed by atoms with van der Waals surface area (Å²) >= 11 is 0. The van der Waals surface area contributed by atoms with E-state index in [4.69, 9.17) is 0 Å². The van der Waals surface area contributed by atoms with Crippen molar-refractivity contribution < 1.29 is 0 Å². The number of benzene rings is 1. The molecular formula is C20H30N6. The third-order valence-corrected chi connectivity index (χ3v) is 5.11. The molecular weight excluding hydrogens is 324 g/mol. The van der Waals surface area contributed by atoms with Crippen molar-refractivity contribution in [3.8, 4) is 11.4 Å². The van der Waals surface area contributed by atoms with Crippen LogP contribution in [0.3, 0.4) is 0 Å². The first kappa shape index (κ1) is 18.4. The van der Waals surface area contributed by atoms with Gasteiger partial charge >= 0.3 is 0 Å². The van der Waals surface area contributed by atoms with Gasteiger partial charge in [0.25, 0.3) is 0 Å². The van der Waals surface area contributed by atoms with Crippen molar-refractivity contribution in [2.75, 3.05) is 13.6 Å². The molecule has 1 aromatic carbocycles. The lowest BCUT2D eigenvalue weighted by Crippen LogP contribution is -2.37. The largest absolute Gasteiger partial charge is 0.356 e. The molecule has 3 rings (SSSR count). The molecule has 0 radical (unpaired) electrons. The van der Waals surface area contributed by atoms with Gasteiger partial charge in [-0.1, -0.05) is 50.3 Å². The van der Waals surface area contributed by atoms with Gasteiger partial charge in [-0.05, 0) is 30.4 Å². The Hall–Kier alpha value is -2.37. The number of aromatic amines is 1. The third kappa shape index (κ3) is 5.58. The van der Waals surface area contributed by atoms with Crippen molar-refractivity contribution in [3.63, 3.8) is 0 Å². The van der Waals surface area contributed by atoms with Crippen LogP contribution >= 0.6 is 0 Å². The van der Waals surface area contributed by atoms with Gasteiger partial charge in [-0.25, -0.2) is 4.98 Å². The number of rotatable bonds is 7. The van der Waals surface area contributed by atoms with Crippen LogP contribution in [-0.2, 0) is 6.54 Å². The fourth-order valence-electron chi connectivity index (χ4n) is 3.65. The average Bonchev–Trinajstić information content (AvgIpc) is 3.23. The highest BCUT2D eigenvalue weighted by Gasteiger charge is 2.12. The number of aliphatic imine (C=N–C) groups is 1.